The average molecular weight is 452 g/mol. The molecule has 3 aliphatic carbocycles. The lowest BCUT2D eigenvalue weighted by molar-refractivity contribution is -0.850. The molecule has 172 valence electrons. The summed E-state index contributed by atoms with van der Waals surface area (Å²) in [4.78, 5) is 13.6. The number of likely N-dealkylation sites (N-methyl/N-ethyl adjacent to an activating group) is 1. The van der Waals surface area contributed by atoms with Crippen LogP contribution in [0.2, 0.25) is 0 Å². The molecule has 1 aromatic rings. The van der Waals surface area contributed by atoms with Crippen LogP contribution in [0, 0.1) is 28.6 Å². The number of carbonyl (C=O) groups is 1. The summed E-state index contributed by atoms with van der Waals surface area (Å²) in [5.74, 6) is 2.49. The Morgan fingerprint density at radius 1 is 1.06 bits per heavy atom. The fourth-order valence-electron chi connectivity index (χ4n) is 8.48. The summed E-state index contributed by atoms with van der Waals surface area (Å²) in [6.45, 7) is 5.00. The van der Waals surface area contributed by atoms with Crippen molar-refractivity contribution >= 4 is 23.1 Å². The molecule has 4 aliphatic rings. The summed E-state index contributed by atoms with van der Waals surface area (Å²) in [6.07, 6.45) is 12.6. The van der Waals surface area contributed by atoms with Crippen LogP contribution in [0.1, 0.15) is 57.9 Å². The molecule has 1 aliphatic heterocycles. The van der Waals surface area contributed by atoms with Crippen molar-refractivity contribution in [3.63, 3.8) is 0 Å². The van der Waals surface area contributed by atoms with Gasteiger partial charge in [0.25, 0.3) is 0 Å². The van der Waals surface area contributed by atoms with E-state index in [0.717, 1.165) is 29.7 Å². The lowest BCUT2D eigenvalue weighted by Crippen LogP contribution is -2.66. The third-order valence-corrected chi connectivity index (χ3v) is 10.5. The molecule has 4 heteroatoms. The van der Waals surface area contributed by atoms with E-state index in [1.807, 2.05) is 6.08 Å². The Labute approximate surface area is 199 Å². The van der Waals surface area contributed by atoms with Crippen molar-refractivity contribution in [2.75, 3.05) is 14.1 Å². The van der Waals surface area contributed by atoms with E-state index in [-0.39, 0.29) is 11.3 Å². The van der Waals surface area contributed by atoms with Crippen LogP contribution >= 0.6 is 12.2 Å². The van der Waals surface area contributed by atoms with Gasteiger partial charge in [-0.25, -0.2) is 4.79 Å². The Morgan fingerprint density at radius 3 is 2.56 bits per heavy atom. The summed E-state index contributed by atoms with van der Waals surface area (Å²) in [6, 6.07) is 11.5. The predicted molar refractivity (Wildman–Crippen MR) is 134 cm³/mol. The molecule has 1 heterocycles. The first kappa shape index (κ1) is 22.3. The van der Waals surface area contributed by atoms with Crippen LogP contribution in [0.4, 0.5) is 0 Å². The molecule has 5 rings (SSSR count). The van der Waals surface area contributed by atoms with Gasteiger partial charge in [0.05, 0.1) is 19.1 Å². The van der Waals surface area contributed by atoms with Gasteiger partial charge in [-0.2, -0.15) is 0 Å². The fraction of sp³-hybridized carbons (Fsp3) is 0.643. The molecule has 1 N–H and O–H groups in total. The largest absolute Gasteiger partial charge is 0.376 e. The Balaban J connectivity index is 1.33. The Bertz CT molecular complexity index is 940. The number of hydrogen-bond acceptors (Lipinski definition) is 2. The first-order valence-corrected chi connectivity index (χ1v) is 13.0. The number of nitrogens with one attached hydrogen (secondary N) is 1. The fourth-order valence-corrected chi connectivity index (χ4v) is 8.79. The lowest BCUT2D eigenvalue weighted by Gasteiger charge is -2.60. The Hall–Kier alpha value is -1.52. The first-order chi connectivity index (χ1) is 15.2. The smallest absolute Gasteiger partial charge is 0.338 e. The summed E-state index contributed by atoms with van der Waals surface area (Å²) in [5, 5.41) is 3.82. The molecule has 7 atom stereocenters. The molecule has 32 heavy (non-hydrogen) atoms. The van der Waals surface area contributed by atoms with E-state index in [1.165, 1.54) is 37.7 Å². The molecule has 1 amide bonds. The molecule has 0 aromatic heterocycles. The Kier molecular flexibility index (Phi) is 5.41. The summed E-state index contributed by atoms with van der Waals surface area (Å²) in [5.41, 5.74) is 1.75. The highest BCUT2D eigenvalue weighted by Gasteiger charge is 2.63. The topological polar surface area (TPSA) is 29.1 Å². The minimum atomic E-state index is 0.135. The SMILES string of the molecule is C[C@]12C=CC(=O)[N+](C)(C)[C@@H]1CC[C@@H]1[C@@H]2CC[C@]2(C)C(NC(=S)Cc3ccccc3)CC[C@@H]12. The number of rotatable bonds is 3. The van der Waals surface area contributed by atoms with Gasteiger partial charge in [-0.05, 0) is 60.8 Å². The standard InChI is InChI=1S/C28H38N2OS/c1-27-16-14-22-20(10-13-24-28(22,2)17-15-26(31)30(24,3)4)21(27)11-12-23(27)29-25(32)18-19-8-6-5-7-9-19/h5-9,15,17,20-24H,10-14,16,18H2,1-4H3/p+1/t20-,21-,22-,23?,24+,27-,28+/m0/s1. The zero-order valence-electron chi connectivity index (χ0n) is 20.1. The van der Waals surface area contributed by atoms with Crippen LogP contribution in [0.5, 0.6) is 0 Å². The number of hydrogen-bond donors (Lipinski definition) is 1. The third-order valence-electron chi connectivity index (χ3n) is 10.2. The number of amides is 1. The van der Waals surface area contributed by atoms with E-state index in [2.05, 4.69) is 69.7 Å². The average Bonchev–Trinajstić information content (AvgIpc) is 3.08. The van der Waals surface area contributed by atoms with Gasteiger partial charge in [-0.15, -0.1) is 0 Å². The van der Waals surface area contributed by atoms with Crippen LogP contribution in [0.3, 0.4) is 0 Å². The quantitative estimate of drug-likeness (QED) is 0.499. The van der Waals surface area contributed by atoms with Crippen molar-refractivity contribution in [2.24, 2.45) is 28.6 Å². The highest BCUT2D eigenvalue weighted by molar-refractivity contribution is 7.80. The molecule has 0 saturated heterocycles. The molecule has 1 unspecified atom stereocenters. The molecule has 1 aromatic carbocycles. The highest BCUT2D eigenvalue weighted by Crippen LogP contribution is 2.64. The van der Waals surface area contributed by atoms with Crippen LogP contribution in [0.25, 0.3) is 0 Å². The zero-order chi connectivity index (χ0) is 22.7. The van der Waals surface area contributed by atoms with Crippen molar-refractivity contribution in [1.29, 1.82) is 0 Å². The van der Waals surface area contributed by atoms with Crippen molar-refractivity contribution in [3.05, 3.63) is 48.0 Å². The number of benzene rings is 1. The first-order valence-electron chi connectivity index (χ1n) is 12.6. The van der Waals surface area contributed by atoms with Crippen molar-refractivity contribution in [2.45, 2.75) is 70.9 Å². The van der Waals surface area contributed by atoms with Crippen molar-refractivity contribution in [1.82, 2.24) is 5.32 Å². The lowest BCUT2D eigenvalue weighted by atomic mass is 9.48. The second-order valence-corrected chi connectivity index (χ2v) is 12.4. The summed E-state index contributed by atoms with van der Waals surface area (Å²) >= 11 is 5.81. The van der Waals surface area contributed by atoms with Gasteiger partial charge >= 0.3 is 5.91 Å². The highest BCUT2D eigenvalue weighted by atomic mass is 32.1. The number of nitrogens with zero attached hydrogens (tertiary/aromatic N) is 1. The normalized spacial score (nSPS) is 42.0. The zero-order valence-corrected chi connectivity index (χ0v) is 21.0. The number of fused-ring (bicyclic) bond motifs is 5. The van der Waals surface area contributed by atoms with E-state index >= 15 is 0 Å². The monoisotopic (exact) mass is 451 g/mol. The molecule has 3 saturated carbocycles. The molecule has 3 fully saturated rings. The molecule has 0 spiro atoms. The molecule has 3 nitrogen and oxygen atoms in total. The predicted octanol–water partition coefficient (Wildman–Crippen LogP) is 5.30. The maximum atomic E-state index is 12.6. The van der Waals surface area contributed by atoms with Gasteiger partial charge in [0, 0.05) is 30.4 Å². The van der Waals surface area contributed by atoms with Gasteiger partial charge in [0.2, 0.25) is 0 Å². The minimum Gasteiger partial charge on any atom is -0.376 e. The Morgan fingerprint density at radius 2 is 1.81 bits per heavy atom. The molecule has 0 radical (unpaired) electrons. The minimum absolute atomic E-state index is 0.135. The van der Waals surface area contributed by atoms with Crippen LogP contribution in [-0.4, -0.2) is 41.6 Å². The van der Waals surface area contributed by atoms with Gasteiger partial charge in [-0.3, -0.25) is 4.48 Å². The second-order valence-electron chi connectivity index (χ2n) is 12.0. The van der Waals surface area contributed by atoms with E-state index in [1.54, 1.807) is 0 Å². The number of carbonyl (C=O) groups excluding carboxylic acids is 1. The van der Waals surface area contributed by atoms with Gasteiger partial charge in [0.15, 0.2) is 0 Å². The van der Waals surface area contributed by atoms with E-state index < -0.39 is 0 Å². The molecular weight excluding hydrogens is 412 g/mol. The van der Waals surface area contributed by atoms with Gasteiger partial charge in [-0.1, -0.05) is 62.5 Å². The maximum absolute atomic E-state index is 12.6. The summed E-state index contributed by atoms with van der Waals surface area (Å²) in [7, 11) is 4.26. The number of thiocarbonyl (C=S) groups is 1. The van der Waals surface area contributed by atoms with E-state index in [0.29, 0.717) is 27.9 Å². The van der Waals surface area contributed by atoms with Crippen LogP contribution in [0.15, 0.2) is 42.5 Å². The van der Waals surface area contributed by atoms with E-state index in [9.17, 15) is 4.79 Å². The van der Waals surface area contributed by atoms with Crippen LogP contribution < -0.4 is 5.32 Å². The van der Waals surface area contributed by atoms with Crippen molar-refractivity contribution < 1.29 is 9.28 Å². The summed E-state index contributed by atoms with van der Waals surface area (Å²) < 4.78 is 0.524. The van der Waals surface area contributed by atoms with Gasteiger partial charge in [0.1, 0.15) is 6.04 Å². The molecular formula is C28H39N2OS+. The second kappa shape index (κ2) is 7.77. The molecule has 0 bridgehead atoms. The third kappa shape index (κ3) is 3.32. The van der Waals surface area contributed by atoms with Crippen molar-refractivity contribution in [3.8, 4) is 0 Å². The number of quaternary nitrogens is 1. The van der Waals surface area contributed by atoms with E-state index in [4.69, 9.17) is 12.2 Å². The maximum Gasteiger partial charge on any atom is 0.338 e. The van der Waals surface area contributed by atoms with Crippen LogP contribution in [-0.2, 0) is 11.2 Å². The van der Waals surface area contributed by atoms with Gasteiger partial charge < -0.3 is 5.32 Å².